The van der Waals surface area contributed by atoms with Crippen LogP contribution in [0.25, 0.3) is 0 Å². The highest BCUT2D eigenvalue weighted by atomic mass is 32.1. The van der Waals surface area contributed by atoms with Gasteiger partial charge in [0.05, 0.1) is 19.2 Å². The Bertz CT molecular complexity index is 379. The Balaban J connectivity index is 2.67. The summed E-state index contributed by atoms with van der Waals surface area (Å²) in [5, 5.41) is 2.93. The van der Waals surface area contributed by atoms with Gasteiger partial charge in [0.2, 0.25) is 0 Å². The zero-order valence-corrected chi connectivity index (χ0v) is 12.4. The Hall–Kier alpha value is -1.10. The zero-order chi connectivity index (χ0) is 13.5. The van der Waals surface area contributed by atoms with E-state index in [4.69, 9.17) is 0 Å². The minimum Gasteiger partial charge on any atom is -0.469 e. The molecule has 1 unspecified atom stereocenters. The summed E-state index contributed by atoms with van der Waals surface area (Å²) in [5.74, 6) is 0.412. The van der Waals surface area contributed by atoms with E-state index in [-0.39, 0.29) is 12.4 Å². The molecule has 1 aromatic heterocycles. The molecule has 102 valence electrons. The summed E-state index contributed by atoms with van der Waals surface area (Å²) in [6.45, 7) is 8.52. The van der Waals surface area contributed by atoms with Crippen LogP contribution in [0.5, 0.6) is 0 Å². The molecular weight excluding hydrogens is 248 g/mol. The number of methoxy groups -OCH3 is 1. The smallest absolute Gasteiger partial charge is 0.311 e. The first-order chi connectivity index (χ1) is 8.60. The molecule has 0 N–H and O–H groups in total. The number of hydrogen-bond acceptors (Lipinski definition) is 5. The van der Waals surface area contributed by atoms with Crippen LogP contribution in [0.15, 0.2) is 5.38 Å². The lowest BCUT2D eigenvalue weighted by Gasteiger charge is -2.23. The van der Waals surface area contributed by atoms with Crippen LogP contribution in [0, 0.1) is 5.92 Å². The number of ether oxygens (including phenoxy) is 1. The number of hydrogen-bond donors (Lipinski definition) is 0. The van der Waals surface area contributed by atoms with Crippen molar-refractivity contribution in [3.05, 3.63) is 11.1 Å². The molecule has 0 saturated carbocycles. The number of rotatable bonds is 7. The number of thiazole rings is 1. The minimum absolute atomic E-state index is 0.239. The molecule has 18 heavy (non-hydrogen) atoms. The van der Waals surface area contributed by atoms with Gasteiger partial charge in [0.1, 0.15) is 0 Å². The summed E-state index contributed by atoms with van der Waals surface area (Å²) >= 11 is 1.59. The molecule has 0 fully saturated rings. The first-order valence-corrected chi connectivity index (χ1v) is 7.24. The number of aromatic nitrogens is 1. The maximum absolute atomic E-state index is 11.2. The van der Waals surface area contributed by atoms with Crippen LogP contribution in [0.2, 0.25) is 0 Å². The standard InChI is InChI=1S/C13H22N2O2S/c1-5-10(3)8-15(6-2)13-14-11(9-18-13)7-12(16)17-4/h9-10H,5-8H2,1-4H3. The van der Waals surface area contributed by atoms with Crippen molar-refractivity contribution in [1.29, 1.82) is 0 Å². The first kappa shape index (κ1) is 15.0. The molecule has 0 saturated heterocycles. The van der Waals surface area contributed by atoms with Gasteiger partial charge in [0, 0.05) is 18.5 Å². The van der Waals surface area contributed by atoms with Gasteiger partial charge in [-0.05, 0) is 12.8 Å². The van der Waals surface area contributed by atoms with Crippen molar-refractivity contribution in [2.45, 2.75) is 33.6 Å². The minimum atomic E-state index is -0.239. The third-order valence-corrected chi connectivity index (χ3v) is 3.92. The molecule has 1 heterocycles. The molecule has 1 atom stereocenters. The monoisotopic (exact) mass is 270 g/mol. The van der Waals surface area contributed by atoms with Crippen LogP contribution >= 0.6 is 11.3 Å². The van der Waals surface area contributed by atoms with Gasteiger partial charge in [0.15, 0.2) is 5.13 Å². The number of nitrogens with zero attached hydrogens (tertiary/aromatic N) is 2. The summed E-state index contributed by atoms with van der Waals surface area (Å²) in [4.78, 5) is 17.9. The second-order valence-corrected chi connectivity index (χ2v) is 5.26. The van der Waals surface area contributed by atoms with E-state index in [1.54, 1.807) is 11.3 Å². The Labute approximate surface area is 113 Å². The second-order valence-electron chi connectivity index (χ2n) is 4.43. The summed E-state index contributed by atoms with van der Waals surface area (Å²) < 4.78 is 4.64. The maximum Gasteiger partial charge on any atom is 0.311 e. The zero-order valence-electron chi connectivity index (χ0n) is 11.6. The van der Waals surface area contributed by atoms with E-state index < -0.39 is 0 Å². The molecule has 0 aliphatic heterocycles. The molecule has 1 aromatic rings. The Morgan fingerprint density at radius 2 is 2.28 bits per heavy atom. The van der Waals surface area contributed by atoms with Crippen LogP contribution in [-0.4, -0.2) is 31.2 Å². The number of carbonyl (C=O) groups excluding carboxylic acids is 1. The lowest BCUT2D eigenvalue weighted by molar-refractivity contribution is -0.139. The summed E-state index contributed by atoms with van der Waals surface area (Å²) in [6.07, 6.45) is 1.42. The highest BCUT2D eigenvalue weighted by Crippen LogP contribution is 2.22. The van der Waals surface area contributed by atoms with Gasteiger partial charge < -0.3 is 9.64 Å². The average Bonchev–Trinajstić information content (AvgIpc) is 2.83. The van der Waals surface area contributed by atoms with Crippen LogP contribution < -0.4 is 4.90 Å². The van der Waals surface area contributed by atoms with Crippen molar-refractivity contribution in [1.82, 2.24) is 4.98 Å². The van der Waals surface area contributed by atoms with Gasteiger partial charge >= 0.3 is 5.97 Å². The first-order valence-electron chi connectivity index (χ1n) is 6.36. The van der Waals surface area contributed by atoms with Gasteiger partial charge in [0.25, 0.3) is 0 Å². The van der Waals surface area contributed by atoms with Crippen LogP contribution in [-0.2, 0) is 16.0 Å². The summed E-state index contributed by atoms with van der Waals surface area (Å²) in [5.41, 5.74) is 0.796. The molecule has 0 spiro atoms. The lowest BCUT2D eigenvalue weighted by atomic mass is 10.1. The van der Waals surface area contributed by atoms with Crippen molar-refractivity contribution < 1.29 is 9.53 Å². The maximum atomic E-state index is 11.2. The quantitative estimate of drug-likeness (QED) is 0.714. The average molecular weight is 270 g/mol. The fourth-order valence-corrected chi connectivity index (χ4v) is 2.49. The van der Waals surface area contributed by atoms with Crippen molar-refractivity contribution in [3.8, 4) is 0 Å². The van der Waals surface area contributed by atoms with Crippen LogP contribution in [0.1, 0.15) is 32.9 Å². The fourth-order valence-electron chi connectivity index (χ4n) is 1.59. The van der Waals surface area contributed by atoms with E-state index in [0.717, 1.165) is 30.3 Å². The molecule has 0 aliphatic rings. The van der Waals surface area contributed by atoms with Crippen molar-refractivity contribution >= 4 is 22.4 Å². The highest BCUT2D eigenvalue weighted by Gasteiger charge is 2.13. The predicted octanol–water partition coefficient (Wildman–Crippen LogP) is 2.73. The van der Waals surface area contributed by atoms with E-state index in [2.05, 4.69) is 35.4 Å². The van der Waals surface area contributed by atoms with E-state index in [1.165, 1.54) is 7.11 Å². The highest BCUT2D eigenvalue weighted by molar-refractivity contribution is 7.13. The molecule has 0 bridgehead atoms. The van der Waals surface area contributed by atoms with Gasteiger partial charge in [-0.1, -0.05) is 20.3 Å². The van der Waals surface area contributed by atoms with Gasteiger partial charge in [-0.2, -0.15) is 0 Å². The van der Waals surface area contributed by atoms with Crippen molar-refractivity contribution in [2.75, 3.05) is 25.1 Å². The SMILES string of the molecule is CCC(C)CN(CC)c1nc(CC(=O)OC)cs1. The van der Waals surface area contributed by atoms with Crippen LogP contribution in [0.3, 0.4) is 0 Å². The van der Waals surface area contributed by atoms with E-state index in [0.29, 0.717) is 5.92 Å². The van der Waals surface area contributed by atoms with Gasteiger partial charge in [-0.15, -0.1) is 11.3 Å². The molecule has 4 nitrogen and oxygen atoms in total. The van der Waals surface area contributed by atoms with Crippen LogP contribution in [0.4, 0.5) is 5.13 Å². The Morgan fingerprint density at radius 3 is 2.83 bits per heavy atom. The summed E-state index contributed by atoms with van der Waals surface area (Å²) in [6, 6.07) is 0. The topological polar surface area (TPSA) is 42.4 Å². The Morgan fingerprint density at radius 1 is 1.56 bits per heavy atom. The van der Waals surface area contributed by atoms with Crippen molar-refractivity contribution in [3.63, 3.8) is 0 Å². The molecule has 0 aliphatic carbocycles. The van der Waals surface area contributed by atoms with E-state index in [9.17, 15) is 4.79 Å². The molecule has 5 heteroatoms. The van der Waals surface area contributed by atoms with E-state index >= 15 is 0 Å². The Kier molecular flexibility index (Phi) is 6.12. The normalized spacial score (nSPS) is 12.2. The fraction of sp³-hybridized carbons (Fsp3) is 0.692. The van der Waals surface area contributed by atoms with Gasteiger partial charge in [-0.3, -0.25) is 4.79 Å². The molecule has 0 aromatic carbocycles. The number of esters is 1. The number of anilines is 1. The molecule has 1 rings (SSSR count). The molecule has 0 radical (unpaired) electrons. The van der Waals surface area contributed by atoms with E-state index in [1.807, 2.05) is 5.38 Å². The summed E-state index contributed by atoms with van der Waals surface area (Å²) in [7, 11) is 1.40. The number of carbonyl (C=O) groups is 1. The lowest BCUT2D eigenvalue weighted by Crippen LogP contribution is -2.27. The third kappa shape index (κ3) is 4.29. The molecule has 0 amide bonds. The predicted molar refractivity (Wildman–Crippen MR) is 75.2 cm³/mol. The molecular formula is C13H22N2O2S. The largest absolute Gasteiger partial charge is 0.469 e. The van der Waals surface area contributed by atoms with Gasteiger partial charge in [-0.25, -0.2) is 4.98 Å². The second kappa shape index (κ2) is 7.36. The third-order valence-electron chi connectivity index (χ3n) is 2.97. The van der Waals surface area contributed by atoms with Crippen molar-refractivity contribution in [2.24, 2.45) is 5.92 Å².